The summed E-state index contributed by atoms with van der Waals surface area (Å²) in [7, 11) is 1.98. The fourth-order valence-corrected chi connectivity index (χ4v) is 4.22. The first-order valence-corrected chi connectivity index (χ1v) is 10.5. The first-order chi connectivity index (χ1) is 14.5. The van der Waals surface area contributed by atoms with Crippen molar-refractivity contribution in [3.63, 3.8) is 0 Å². The molecule has 0 spiro atoms. The number of hydrogen-bond donors (Lipinski definition) is 0. The molecule has 162 valence electrons. The maximum atomic E-state index is 13.0. The molecule has 1 aromatic heterocycles. The van der Waals surface area contributed by atoms with Gasteiger partial charge in [0, 0.05) is 32.7 Å². The quantitative estimate of drug-likeness (QED) is 0.722. The molecule has 2 aliphatic rings. The van der Waals surface area contributed by atoms with Crippen LogP contribution in [-0.4, -0.2) is 70.5 Å². The number of morpholine rings is 1. The lowest BCUT2D eigenvalue weighted by Gasteiger charge is -2.42. The molecule has 2 aliphatic heterocycles. The molecule has 2 fully saturated rings. The van der Waals surface area contributed by atoms with Crippen molar-refractivity contribution in [2.24, 2.45) is 7.05 Å². The minimum Gasteiger partial charge on any atom is -0.491 e. The van der Waals surface area contributed by atoms with E-state index in [1.54, 1.807) is 12.1 Å². The fourth-order valence-electron chi connectivity index (χ4n) is 4.22. The molecule has 2 aromatic rings. The molecular weight excluding hydrogens is 387 g/mol. The van der Waals surface area contributed by atoms with Crippen LogP contribution in [0.2, 0.25) is 0 Å². The Kier molecular flexibility index (Phi) is 6.34. The van der Waals surface area contributed by atoms with Crippen molar-refractivity contribution < 1.29 is 18.7 Å². The van der Waals surface area contributed by atoms with Crippen LogP contribution in [0, 0.1) is 12.7 Å². The molecule has 1 aromatic carbocycles. The molecule has 30 heavy (non-hydrogen) atoms. The highest BCUT2D eigenvalue weighted by molar-refractivity contribution is 5.78. The van der Waals surface area contributed by atoms with Crippen LogP contribution >= 0.6 is 0 Å². The van der Waals surface area contributed by atoms with Crippen LogP contribution in [0.25, 0.3) is 0 Å². The number of amides is 1. The molecular formula is C22H29FN4O3. The van der Waals surface area contributed by atoms with Crippen LogP contribution in [0.4, 0.5) is 4.39 Å². The van der Waals surface area contributed by atoms with Gasteiger partial charge in [-0.3, -0.25) is 14.4 Å². The van der Waals surface area contributed by atoms with E-state index in [1.807, 2.05) is 22.8 Å². The number of carbonyl (C=O) groups excluding carboxylic acids is 1. The molecule has 4 rings (SSSR count). The Morgan fingerprint density at radius 2 is 1.97 bits per heavy atom. The summed E-state index contributed by atoms with van der Waals surface area (Å²) in [6, 6.07) is 6.17. The van der Waals surface area contributed by atoms with Crippen LogP contribution in [-0.2, 0) is 23.1 Å². The smallest absolute Gasteiger partial charge is 0.248 e. The minimum absolute atomic E-state index is 0.0500. The van der Waals surface area contributed by atoms with E-state index in [-0.39, 0.29) is 30.5 Å². The lowest BCUT2D eigenvalue weighted by Crippen LogP contribution is -2.55. The number of rotatable bonds is 6. The van der Waals surface area contributed by atoms with Gasteiger partial charge in [-0.05, 0) is 49.6 Å². The number of likely N-dealkylation sites (tertiary alicyclic amines) is 1. The predicted molar refractivity (Wildman–Crippen MR) is 110 cm³/mol. The summed E-state index contributed by atoms with van der Waals surface area (Å²) in [4.78, 5) is 16.9. The second kappa shape index (κ2) is 9.14. The van der Waals surface area contributed by atoms with Gasteiger partial charge in [0.2, 0.25) is 5.91 Å². The maximum absolute atomic E-state index is 13.0. The summed E-state index contributed by atoms with van der Waals surface area (Å²) in [5.74, 6) is 0.356. The van der Waals surface area contributed by atoms with Crippen molar-refractivity contribution in [3.05, 3.63) is 47.5 Å². The normalized spacial score (nSPS) is 21.2. The number of hydrogen-bond acceptors (Lipinski definition) is 5. The van der Waals surface area contributed by atoms with E-state index in [2.05, 4.69) is 16.9 Å². The molecule has 0 radical (unpaired) electrons. The van der Waals surface area contributed by atoms with Crippen molar-refractivity contribution in [2.75, 3.05) is 32.8 Å². The predicted octanol–water partition coefficient (Wildman–Crippen LogP) is 2.14. The molecule has 0 N–H and O–H groups in total. The summed E-state index contributed by atoms with van der Waals surface area (Å²) in [6.07, 6.45) is 3.63. The lowest BCUT2D eigenvalue weighted by molar-refractivity contribution is -0.155. The largest absolute Gasteiger partial charge is 0.491 e. The second-order valence-electron chi connectivity index (χ2n) is 8.15. The molecule has 3 heterocycles. The Hall–Kier alpha value is -2.45. The van der Waals surface area contributed by atoms with E-state index in [0.29, 0.717) is 18.9 Å². The zero-order chi connectivity index (χ0) is 21.1. The average Bonchev–Trinajstić information content (AvgIpc) is 3.07. The minimum atomic E-state index is -0.294. The summed E-state index contributed by atoms with van der Waals surface area (Å²) >= 11 is 0. The van der Waals surface area contributed by atoms with E-state index < -0.39 is 0 Å². The number of nitrogens with zero attached hydrogens (tertiary/aromatic N) is 4. The number of aryl methyl sites for hydroxylation is 2. The number of carbonyl (C=O) groups is 1. The zero-order valence-electron chi connectivity index (χ0n) is 17.6. The molecule has 7 nitrogen and oxygen atoms in total. The Balaban J connectivity index is 1.28. The fraction of sp³-hybridized carbons (Fsp3) is 0.545. The molecule has 0 saturated carbocycles. The SMILES string of the molecule is Cc1cnn(C)c1CN1CCC(N2C[C@@H](COc3ccc(F)cc3)OCC2=O)CC1. The van der Waals surface area contributed by atoms with Crippen LogP contribution in [0.1, 0.15) is 24.1 Å². The first-order valence-electron chi connectivity index (χ1n) is 10.5. The maximum Gasteiger partial charge on any atom is 0.248 e. The van der Waals surface area contributed by atoms with Crippen molar-refractivity contribution in [1.29, 1.82) is 0 Å². The Morgan fingerprint density at radius 1 is 1.23 bits per heavy atom. The van der Waals surface area contributed by atoms with Gasteiger partial charge in [-0.1, -0.05) is 0 Å². The summed E-state index contributed by atoms with van der Waals surface area (Å²) < 4.78 is 26.4. The number of piperidine rings is 1. The lowest BCUT2D eigenvalue weighted by atomic mass is 10.0. The third-order valence-electron chi connectivity index (χ3n) is 6.05. The van der Waals surface area contributed by atoms with Gasteiger partial charge < -0.3 is 14.4 Å². The third kappa shape index (κ3) is 4.82. The Bertz CT molecular complexity index is 842. The molecule has 0 bridgehead atoms. The van der Waals surface area contributed by atoms with E-state index >= 15 is 0 Å². The topological polar surface area (TPSA) is 59.8 Å². The highest BCUT2D eigenvalue weighted by atomic mass is 19.1. The monoisotopic (exact) mass is 416 g/mol. The third-order valence-corrected chi connectivity index (χ3v) is 6.05. The molecule has 8 heteroatoms. The van der Waals surface area contributed by atoms with Gasteiger partial charge in [0.05, 0.1) is 18.4 Å². The van der Waals surface area contributed by atoms with Gasteiger partial charge in [0.1, 0.15) is 30.9 Å². The number of halogens is 1. The molecule has 0 unspecified atom stereocenters. The Morgan fingerprint density at radius 3 is 2.63 bits per heavy atom. The van der Waals surface area contributed by atoms with E-state index in [4.69, 9.17) is 9.47 Å². The molecule has 2 saturated heterocycles. The van der Waals surface area contributed by atoms with Crippen molar-refractivity contribution in [2.45, 2.75) is 38.5 Å². The number of benzene rings is 1. The number of ether oxygens (including phenoxy) is 2. The van der Waals surface area contributed by atoms with Gasteiger partial charge in [0.25, 0.3) is 0 Å². The molecule has 0 aliphatic carbocycles. The summed E-state index contributed by atoms with van der Waals surface area (Å²) in [5, 5.41) is 4.32. The van der Waals surface area contributed by atoms with Gasteiger partial charge in [-0.25, -0.2) is 4.39 Å². The van der Waals surface area contributed by atoms with Gasteiger partial charge in [-0.15, -0.1) is 0 Å². The van der Waals surface area contributed by atoms with Crippen LogP contribution in [0.15, 0.2) is 30.5 Å². The molecule has 1 atom stereocenters. The van der Waals surface area contributed by atoms with Crippen molar-refractivity contribution in [1.82, 2.24) is 19.6 Å². The summed E-state index contributed by atoms with van der Waals surface area (Å²) in [6.45, 7) is 5.86. The van der Waals surface area contributed by atoms with Crippen LogP contribution in [0.3, 0.4) is 0 Å². The van der Waals surface area contributed by atoms with Crippen LogP contribution in [0.5, 0.6) is 5.75 Å². The Labute approximate surface area is 176 Å². The first kappa shape index (κ1) is 20.8. The van der Waals surface area contributed by atoms with Crippen molar-refractivity contribution in [3.8, 4) is 5.75 Å². The van der Waals surface area contributed by atoms with Crippen LogP contribution < -0.4 is 4.74 Å². The molecule has 1 amide bonds. The highest BCUT2D eigenvalue weighted by Gasteiger charge is 2.34. The van der Waals surface area contributed by atoms with Crippen molar-refractivity contribution >= 4 is 5.91 Å². The van der Waals surface area contributed by atoms with Gasteiger partial charge in [0.15, 0.2) is 0 Å². The highest BCUT2D eigenvalue weighted by Crippen LogP contribution is 2.22. The standard InChI is InChI=1S/C22H29FN4O3/c1-16-11-24-25(2)21(16)13-26-9-7-18(8-10-26)27-12-20(30-15-22(27)28)14-29-19-5-3-17(23)4-6-19/h3-6,11,18,20H,7-10,12-15H2,1-2H3/t20-/m0/s1. The van der Waals surface area contributed by atoms with E-state index in [9.17, 15) is 9.18 Å². The van der Waals surface area contributed by atoms with Gasteiger partial charge in [-0.2, -0.15) is 5.10 Å². The second-order valence-corrected chi connectivity index (χ2v) is 8.15. The number of aromatic nitrogens is 2. The average molecular weight is 416 g/mol. The summed E-state index contributed by atoms with van der Waals surface area (Å²) in [5.41, 5.74) is 2.46. The van der Waals surface area contributed by atoms with E-state index in [0.717, 1.165) is 32.5 Å². The van der Waals surface area contributed by atoms with Gasteiger partial charge >= 0.3 is 0 Å². The van der Waals surface area contributed by atoms with E-state index in [1.165, 1.54) is 23.4 Å². The zero-order valence-corrected chi connectivity index (χ0v) is 17.6.